The molecule has 2 heterocycles. The predicted octanol–water partition coefficient (Wildman–Crippen LogP) is 4.22. The molecular weight excluding hydrogens is 324 g/mol. The fraction of sp³-hybridized carbons (Fsp3) is 0.0556. The number of nitrogens with zero attached hydrogens (tertiary/aromatic N) is 3. The van der Waals surface area contributed by atoms with Gasteiger partial charge in [0.2, 0.25) is 0 Å². The Morgan fingerprint density at radius 2 is 1.71 bits per heavy atom. The van der Waals surface area contributed by atoms with Gasteiger partial charge < -0.3 is 9.72 Å². The van der Waals surface area contributed by atoms with E-state index < -0.39 is 0 Å². The summed E-state index contributed by atoms with van der Waals surface area (Å²) >= 11 is 5.81. The van der Waals surface area contributed by atoms with Crippen LogP contribution in [0.2, 0.25) is 5.15 Å². The summed E-state index contributed by atoms with van der Waals surface area (Å²) in [4.78, 5) is 15.7. The molecule has 2 aromatic heterocycles. The van der Waals surface area contributed by atoms with Crippen LogP contribution in [0.4, 0.5) is 0 Å². The molecule has 0 atom stereocenters. The van der Waals surface area contributed by atoms with Crippen LogP contribution in [0, 0.1) is 0 Å². The van der Waals surface area contributed by atoms with Gasteiger partial charge >= 0.3 is 0 Å². The highest BCUT2D eigenvalue weighted by Gasteiger charge is 1.98. The number of hydrogen-bond donors (Lipinski definition) is 1. The first-order chi connectivity index (χ1) is 11.8. The molecule has 0 aliphatic carbocycles. The third-order valence-corrected chi connectivity index (χ3v) is 3.40. The summed E-state index contributed by atoms with van der Waals surface area (Å²) in [6.07, 6.45) is 8.41. The second-order valence-electron chi connectivity index (χ2n) is 4.91. The number of rotatable bonds is 4. The molecule has 0 bridgehead atoms. The summed E-state index contributed by atoms with van der Waals surface area (Å²) in [7, 11) is 0. The van der Waals surface area contributed by atoms with Crippen LogP contribution in [0.25, 0.3) is 11.1 Å². The molecule has 0 fully saturated rings. The second kappa shape index (κ2) is 8.08. The number of H-pyrrole nitrogens is 1. The number of nitrogens with one attached hydrogen (secondary N) is 1. The van der Waals surface area contributed by atoms with Crippen molar-refractivity contribution in [3.63, 3.8) is 0 Å². The van der Waals surface area contributed by atoms with Crippen molar-refractivity contribution >= 4 is 11.6 Å². The van der Waals surface area contributed by atoms with E-state index in [-0.39, 0.29) is 0 Å². The van der Waals surface area contributed by atoms with Crippen LogP contribution in [0.1, 0.15) is 5.69 Å². The highest BCUT2D eigenvalue weighted by atomic mass is 35.5. The lowest BCUT2D eigenvalue weighted by Gasteiger charge is -2.03. The van der Waals surface area contributed by atoms with Crippen molar-refractivity contribution in [2.45, 2.75) is 6.61 Å². The number of para-hydroxylation sites is 1. The molecule has 0 amide bonds. The van der Waals surface area contributed by atoms with E-state index in [9.17, 15) is 0 Å². The lowest BCUT2D eigenvalue weighted by atomic mass is 10.2. The van der Waals surface area contributed by atoms with E-state index in [1.807, 2.05) is 36.4 Å². The number of benzene rings is 1. The highest BCUT2D eigenvalue weighted by molar-refractivity contribution is 6.29. The van der Waals surface area contributed by atoms with Crippen molar-refractivity contribution in [3.8, 4) is 16.9 Å². The fourth-order valence-electron chi connectivity index (χ4n) is 1.97. The number of aromatic nitrogens is 4. The van der Waals surface area contributed by atoms with Gasteiger partial charge in [-0.3, -0.25) is 4.98 Å². The predicted molar refractivity (Wildman–Crippen MR) is 93.0 cm³/mol. The zero-order valence-corrected chi connectivity index (χ0v) is 13.5. The molecule has 0 radical (unpaired) electrons. The molecule has 0 aliphatic heterocycles. The Morgan fingerprint density at radius 3 is 2.50 bits per heavy atom. The minimum Gasteiger partial charge on any atom is -0.487 e. The Hall–Kier alpha value is -2.92. The first-order valence-electron chi connectivity index (χ1n) is 7.31. The third-order valence-electron chi connectivity index (χ3n) is 3.18. The van der Waals surface area contributed by atoms with E-state index in [1.54, 1.807) is 37.2 Å². The SMILES string of the molecule is Clc1ccc(-c2cnc[nH]c(COc3ccccc3)cnc2)cn1. The molecule has 24 heavy (non-hydrogen) atoms. The topological polar surface area (TPSA) is 63.7 Å². The molecule has 6 heteroatoms. The first kappa shape index (κ1) is 16.0. The third kappa shape index (κ3) is 4.54. The average molecular weight is 339 g/mol. The quantitative estimate of drug-likeness (QED) is 0.723. The Labute approximate surface area is 144 Å². The van der Waals surface area contributed by atoms with Crippen molar-refractivity contribution in [1.29, 1.82) is 0 Å². The van der Waals surface area contributed by atoms with Gasteiger partial charge in [0, 0.05) is 35.9 Å². The van der Waals surface area contributed by atoms with Crippen LogP contribution in [0.3, 0.4) is 0 Å². The van der Waals surface area contributed by atoms with Gasteiger partial charge in [0.1, 0.15) is 17.5 Å². The summed E-state index contributed by atoms with van der Waals surface area (Å²) in [5.41, 5.74) is 2.51. The van der Waals surface area contributed by atoms with Crippen molar-refractivity contribution in [1.82, 2.24) is 19.9 Å². The van der Waals surface area contributed by atoms with Gasteiger partial charge in [-0.05, 0) is 24.3 Å². The normalized spacial score (nSPS) is 10.0. The number of aromatic amines is 1. The lowest BCUT2D eigenvalue weighted by Crippen LogP contribution is -1.96. The van der Waals surface area contributed by atoms with E-state index >= 15 is 0 Å². The second-order valence-corrected chi connectivity index (χ2v) is 5.30. The van der Waals surface area contributed by atoms with Crippen molar-refractivity contribution in [3.05, 3.63) is 84.4 Å². The zero-order chi connectivity index (χ0) is 16.6. The van der Waals surface area contributed by atoms with Gasteiger partial charge in [-0.1, -0.05) is 29.8 Å². The maximum atomic E-state index is 5.81. The van der Waals surface area contributed by atoms with Crippen LogP contribution in [-0.2, 0) is 6.61 Å². The Bertz CT molecular complexity index is 833. The van der Waals surface area contributed by atoms with E-state index in [4.69, 9.17) is 16.3 Å². The van der Waals surface area contributed by atoms with E-state index in [0.29, 0.717) is 11.8 Å². The minimum atomic E-state index is 0.366. The van der Waals surface area contributed by atoms with Crippen LogP contribution < -0.4 is 4.74 Å². The standard InChI is InChI=1S/C18H15ClN4O/c19-18-7-6-14(10-22-18)15-8-20-11-16(23-13-21-9-15)12-24-17-4-2-1-3-5-17/h1-11,13H,12H2,(H,21,23). The molecule has 1 N–H and O–H groups in total. The number of halogens is 1. The van der Waals surface area contributed by atoms with Crippen molar-refractivity contribution in [2.24, 2.45) is 0 Å². The first-order valence-corrected chi connectivity index (χ1v) is 7.69. The molecule has 0 spiro atoms. The van der Waals surface area contributed by atoms with Crippen LogP contribution in [-0.4, -0.2) is 19.9 Å². The average Bonchev–Trinajstić information content (AvgIpc) is 2.74. The molecule has 0 saturated heterocycles. The van der Waals surface area contributed by atoms with Crippen LogP contribution in [0.5, 0.6) is 5.75 Å². The summed E-state index contributed by atoms with van der Waals surface area (Å²) in [6, 6.07) is 13.2. The molecule has 0 saturated carbocycles. The minimum absolute atomic E-state index is 0.366. The lowest BCUT2D eigenvalue weighted by molar-refractivity contribution is 0.301. The van der Waals surface area contributed by atoms with Crippen molar-refractivity contribution < 1.29 is 4.74 Å². The molecule has 3 aromatic rings. The monoisotopic (exact) mass is 338 g/mol. The molecule has 5 nitrogen and oxygen atoms in total. The number of ether oxygens (including phenoxy) is 1. The van der Waals surface area contributed by atoms with E-state index in [0.717, 1.165) is 22.6 Å². The highest BCUT2D eigenvalue weighted by Crippen LogP contribution is 2.16. The van der Waals surface area contributed by atoms with E-state index in [2.05, 4.69) is 19.9 Å². The van der Waals surface area contributed by atoms with Gasteiger partial charge in [-0.2, -0.15) is 0 Å². The molecule has 0 unspecified atom stereocenters. The summed E-state index contributed by atoms with van der Waals surface area (Å²) in [6.45, 7) is 0.366. The largest absolute Gasteiger partial charge is 0.487 e. The number of hydrogen-bond acceptors (Lipinski definition) is 4. The number of pyridine rings is 1. The van der Waals surface area contributed by atoms with E-state index in [1.165, 1.54) is 0 Å². The van der Waals surface area contributed by atoms with Gasteiger partial charge in [0.25, 0.3) is 0 Å². The van der Waals surface area contributed by atoms with Crippen LogP contribution in [0.15, 0.2) is 73.6 Å². The van der Waals surface area contributed by atoms with Gasteiger partial charge in [-0.15, -0.1) is 0 Å². The van der Waals surface area contributed by atoms with Gasteiger partial charge in [-0.25, -0.2) is 9.97 Å². The fourth-order valence-corrected chi connectivity index (χ4v) is 2.08. The van der Waals surface area contributed by atoms with Crippen molar-refractivity contribution in [2.75, 3.05) is 0 Å². The smallest absolute Gasteiger partial charge is 0.130 e. The van der Waals surface area contributed by atoms with Crippen LogP contribution >= 0.6 is 11.6 Å². The Morgan fingerprint density at radius 1 is 0.875 bits per heavy atom. The Kier molecular flexibility index (Phi) is 5.37. The molecular formula is C18H15ClN4O. The zero-order valence-electron chi connectivity index (χ0n) is 12.8. The summed E-state index contributed by atoms with van der Waals surface area (Å²) in [5, 5.41) is 0.449. The maximum absolute atomic E-state index is 5.81. The maximum Gasteiger partial charge on any atom is 0.130 e. The molecule has 1 aromatic carbocycles. The molecule has 0 aliphatic rings. The Balaban J connectivity index is 1.80. The van der Waals surface area contributed by atoms with Gasteiger partial charge in [0.15, 0.2) is 0 Å². The van der Waals surface area contributed by atoms with Gasteiger partial charge in [0.05, 0.1) is 12.0 Å². The molecule has 3 rings (SSSR count). The summed E-state index contributed by atoms with van der Waals surface area (Å²) in [5.74, 6) is 0.798. The molecule has 120 valence electrons. The summed E-state index contributed by atoms with van der Waals surface area (Å²) < 4.78 is 5.70.